The van der Waals surface area contributed by atoms with Crippen LogP contribution in [0.25, 0.3) is 0 Å². The molecule has 0 aromatic heterocycles. The molecule has 0 aliphatic heterocycles. The van der Waals surface area contributed by atoms with Crippen molar-refractivity contribution in [3.8, 4) is 0 Å². The number of hydrogen-bond acceptors (Lipinski definition) is 8. The van der Waals surface area contributed by atoms with E-state index in [9.17, 15) is 27.6 Å². The Labute approximate surface area is 236 Å². The number of carboxylic acid groups (broad SMARTS) is 1. The molecule has 0 aliphatic rings. The van der Waals surface area contributed by atoms with Crippen LogP contribution >= 0.6 is 0 Å². The Kier molecular flexibility index (Phi) is 15.1. The van der Waals surface area contributed by atoms with Gasteiger partial charge in [0.2, 0.25) is 5.91 Å². The minimum Gasteiger partial charge on any atom is -0.475 e. The lowest BCUT2D eigenvalue weighted by atomic mass is 10.0. The summed E-state index contributed by atoms with van der Waals surface area (Å²) in [6, 6.07) is 16.1. The summed E-state index contributed by atoms with van der Waals surface area (Å²) in [4.78, 5) is 46.3. The van der Waals surface area contributed by atoms with Crippen molar-refractivity contribution < 1.29 is 46.9 Å². The first kappa shape index (κ1) is 35.1. The second-order valence-corrected chi connectivity index (χ2v) is 9.36. The molecule has 2 rings (SSSR count). The van der Waals surface area contributed by atoms with E-state index in [-0.39, 0.29) is 25.6 Å². The highest BCUT2D eigenvalue weighted by atomic mass is 19.4. The summed E-state index contributed by atoms with van der Waals surface area (Å²) in [7, 11) is 0. The summed E-state index contributed by atoms with van der Waals surface area (Å²) in [5.41, 5.74) is 13.6. The van der Waals surface area contributed by atoms with Crippen LogP contribution in [0.15, 0.2) is 60.7 Å². The molecule has 0 spiro atoms. The zero-order valence-corrected chi connectivity index (χ0v) is 22.8. The Morgan fingerprint density at radius 3 is 1.68 bits per heavy atom. The first-order valence-corrected chi connectivity index (χ1v) is 12.7. The van der Waals surface area contributed by atoms with Crippen molar-refractivity contribution in [3.63, 3.8) is 0 Å². The molecule has 1 amide bonds. The first-order chi connectivity index (χ1) is 19.2. The van der Waals surface area contributed by atoms with Crippen LogP contribution < -0.4 is 16.8 Å². The number of alkyl halides is 3. The van der Waals surface area contributed by atoms with Gasteiger partial charge in [0.25, 0.3) is 0 Å². The molecular formula is C28H36F3N3O7. The predicted octanol–water partition coefficient (Wildman–Crippen LogP) is 3.07. The summed E-state index contributed by atoms with van der Waals surface area (Å²) in [6.45, 7) is 3.89. The summed E-state index contributed by atoms with van der Waals surface area (Å²) < 4.78 is 42.4. The average Bonchev–Trinajstić information content (AvgIpc) is 2.94. The van der Waals surface area contributed by atoms with Crippen molar-refractivity contribution >= 4 is 23.8 Å². The van der Waals surface area contributed by atoms with Gasteiger partial charge in [0, 0.05) is 0 Å². The second kappa shape index (κ2) is 17.7. The maximum Gasteiger partial charge on any atom is 0.490 e. The molecular weight excluding hydrogens is 547 g/mol. The van der Waals surface area contributed by atoms with Gasteiger partial charge in [0.15, 0.2) is 0 Å². The zero-order valence-electron chi connectivity index (χ0n) is 22.8. The fraction of sp³-hybridized carbons (Fsp3) is 0.429. The smallest absolute Gasteiger partial charge is 0.475 e. The number of rotatable bonds is 13. The number of halogens is 3. The van der Waals surface area contributed by atoms with Crippen LogP contribution in [0.2, 0.25) is 0 Å². The van der Waals surface area contributed by atoms with E-state index in [0.717, 1.165) is 11.1 Å². The van der Waals surface area contributed by atoms with Gasteiger partial charge < -0.3 is 31.4 Å². The minimum absolute atomic E-state index is 0.0891. The second-order valence-electron chi connectivity index (χ2n) is 9.36. The fourth-order valence-electron chi connectivity index (χ4n) is 3.14. The number of nitrogens with one attached hydrogen (secondary N) is 1. The summed E-state index contributed by atoms with van der Waals surface area (Å²) in [5.74, 6) is -4.35. The third-order valence-electron chi connectivity index (χ3n) is 5.62. The summed E-state index contributed by atoms with van der Waals surface area (Å²) in [5, 5.41) is 9.81. The molecule has 226 valence electrons. The van der Waals surface area contributed by atoms with Crippen molar-refractivity contribution in [2.75, 3.05) is 0 Å². The maximum absolute atomic E-state index is 12.7. The van der Waals surface area contributed by atoms with Crippen LogP contribution in [0.5, 0.6) is 0 Å². The molecule has 0 aliphatic carbocycles. The molecule has 0 radical (unpaired) electrons. The largest absolute Gasteiger partial charge is 0.490 e. The van der Waals surface area contributed by atoms with Gasteiger partial charge in [-0.25, -0.2) is 9.59 Å². The molecule has 6 N–H and O–H groups in total. The van der Waals surface area contributed by atoms with Crippen LogP contribution in [-0.2, 0) is 41.9 Å². The number of amides is 1. The molecule has 0 saturated heterocycles. The quantitative estimate of drug-likeness (QED) is 0.259. The van der Waals surface area contributed by atoms with Crippen LogP contribution in [-0.4, -0.2) is 53.2 Å². The zero-order chi connectivity index (χ0) is 31.0. The number of esters is 2. The van der Waals surface area contributed by atoms with Crippen molar-refractivity contribution in [1.82, 2.24) is 5.32 Å². The van der Waals surface area contributed by atoms with Crippen molar-refractivity contribution in [3.05, 3.63) is 71.8 Å². The third-order valence-corrected chi connectivity index (χ3v) is 5.62. The summed E-state index contributed by atoms with van der Waals surface area (Å²) >= 11 is 0. The number of hydrogen-bond donors (Lipinski definition) is 4. The molecule has 2 aromatic carbocycles. The Morgan fingerprint density at radius 1 is 0.829 bits per heavy atom. The van der Waals surface area contributed by atoms with E-state index in [1.807, 2.05) is 74.5 Å². The molecule has 10 nitrogen and oxygen atoms in total. The van der Waals surface area contributed by atoms with Gasteiger partial charge in [0.05, 0.1) is 6.04 Å². The van der Waals surface area contributed by atoms with Gasteiger partial charge in [-0.2, -0.15) is 13.2 Å². The summed E-state index contributed by atoms with van der Waals surface area (Å²) in [6.07, 6.45) is -4.13. The number of benzene rings is 2. The molecule has 41 heavy (non-hydrogen) atoms. The van der Waals surface area contributed by atoms with E-state index in [4.69, 9.17) is 30.8 Å². The van der Waals surface area contributed by atoms with Gasteiger partial charge in [-0.1, -0.05) is 74.5 Å². The Hall–Kier alpha value is -3.97. The van der Waals surface area contributed by atoms with Gasteiger partial charge in [-0.3, -0.25) is 9.59 Å². The van der Waals surface area contributed by atoms with E-state index in [1.54, 1.807) is 0 Å². The number of ether oxygens (including phenoxy) is 2. The molecule has 0 saturated carbocycles. The molecule has 2 aromatic rings. The topological polar surface area (TPSA) is 171 Å². The average molecular weight is 584 g/mol. The SMILES string of the molecule is CC(C)[C@H](N)C(=O)N[C@@H](CCCC(N)C(=O)OCc1ccccc1)C(=O)OCc1ccccc1.O=C(O)C(F)(F)F. The molecule has 0 bridgehead atoms. The Balaban J connectivity index is 0.00000106. The highest BCUT2D eigenvalue weighted by Gasteiger charge is 2.38. The minimum atomic E-state index is -5.08. The van der Waals surface area contributed by atoms with Crippen LogP contribution in [0.3, 0.4) is 0 Å². The van der Waals surface area contributed by atoms with Gasteiger partial charge >= 0.3 is 24.1 Å². The predicted molar refractivity (Wildman–Crippen MR) is 143 cm³/mol. The van der Waals surface area contributed by atoms with Gasteiger partial charge in [0.1, 0.15) is 25.3 Å². The van der Waals surface area contributed by atoms with E-state index < -0.39 is 48.1 Å². The van der Waals surface area contributed by atoms with E-state index in [1.165, 1.54) is 0 Å². The lowest BCUT2D eigenvalue weighted by molar-refractivity contribution is -0.192. The van der Waals surface area contributed by atoms with Crippen LogP contribution in [0.4, 0.5) is 13.2 Å². The lowest BCUT2D eigenvalue weighted by Gasteiger charge is -2.22. The molecule has 1 unspecified atom stereocenters. The number of carbonyl (C=O) groups excluding carboxylic acids is 3. The number of nitrogens with two attached hydrogens (primary N) is 2. The normalized spacial score (nSPS) is 13.2. The Bertz CT molecular complexity index is 1100. The van der Waals surface area contributed by atoms with E-state index in [2.05, 4.69) is 5.32 Å². The number of carbonyl (C=O) groups is 4. The van der Waals surface area contributed by atoms with Gasteiger partial charge in [-0.05, 0) is 36.3 Å². The number of aliphatic carboxylic acids is 1. The Morgan fingerprint density at radius 2 is 1.27 bits per heavy atom. The standard InChI is InChI=1S/C26H35N3O5.C2HF3O2/c1-18(2)23(28)24(30)29-22(26(32)34-17-20-12-7-4-8-13-20)15-9-14-21(27)25(31)33-16-19-10-5-3-6-11-19;3-2(4,5)1(6)7/h3-8,10-13,18,21-23H,9,14-17,27-28H2,1-2H3,(H,29,30);(H,6,7)/t21?,22-,23-;/m0./s1. The van der Waals surface area contributed by atoms with Crippen LogP contribution in [0, 0.1) is 5.92 Å². The van der Waals surface area contributed by atoms with Crippen molar-refractivity contribution in [2.45, 2.75) is 70.6 Å². The van der Waals surface area contributed by atoms with Gasteiger partial charge in [-0.15, -0.1) is 0 Å². The molecule has 0 fully saturated rings. The van der Waals surface area contributed by atoms with Crippen molar-refractivity contribution in [2.24, 2.45) is 17.4 Å². The lowest BCUT2D eigenvalue weighted by Crippen LogP contribution is -2.50. The third kappa shape index (κ3) is 14.3. The number of carboxylic acids is 1. The molecule has 13 heteroatoms. The molecule has 3 atom stereocenters. The highest BCUT2D eigenvalue weighted by Crippen LogP contribution is 2.13. The maximum atomic E-state index is 12.7. The fourth-order valence-corrected chi connectivity index (χ4v) is 3.14. The van der Waals surface area contributed by atoms with Crippen LogP contribution in [0.1, 0.15) is 44.2 Å². The highest BCUT2D eigenvalue weighted by molar-refractivity contribution is 5.87. The van der Waals surface area contributed by atoms with E-state index in [0.29, 0.717) is 12.8 Å². The monoisotopic (exact) mass is 583 g/mol. The van der Waals surface area contributed by atoms with E-state index >= 15 is 0 Å². The first-order valence-electron chi connectivity index (χ1n) is 12.7. The van der Waals surface area contributed by atoms with Crippen molar-refractivity contribution in [1.29, 1.82) is 0 Å². The molecule has 0 heterocycles.